The standard InChI is InChI=1S/C12H15N3O5S/c16-15(17)10-3-1-2-4-12(10)21(18,19)14-7-9-11(8-14)20-6-5-13-9/h1-4,9,11,13H,5-8H2. The van der Waals surface area contributed by atoms with Gasteiger partial charge in [-0.2, -0.15) is 4.31 Å². The van der Waals surface area contributed by atoms with Crippen molar-refractivity contribution >= 4 is 15.7 Å². The van der Waals surface area contributed by atoms with Crippen LogP contribution in [0, 0.1) is 10.1 Å². The SMILES string of the molecule is O=[N+]([O-])c1ccccc1S(=O)(=O)N1CC2NCCOC2C1. The quantitative estimate of drug-likeness (QED) is 0.620. The molecule has 2 atom stereocenters. The summed E-state index contributed by atoms with van der Waals surface area (Å²) in [5.41, 5.74) is -0.402. The molecule has 2 fully saturated rings. The molecule has 0 bridgehead atoms. The lowest BCUT2D eigenvalue weighted by molar-refractivity contribution is -0.387. The molecule has 3 rings (SSSR count). The van der Waals surface area contributed by atoms with Gasteiger partial charge in [0.2, 0.25) is 10.0 Å². The van der Waals surface area contributed by atoms with E-state index in [9.17, 15) is 18.5 Å². The second-order valence-corrected chi connectivity index (χ2v) is 6.92. The van der Waals surface area contributed by atoms with Gasteiger partial charge in [-0.1, -0.05) is 12.1 Å². The first-order chi connectivity index (χ1) is 10.00. The van der Waals surface area contributed by atoms with E-state index < -0.39 is 20.6 Å². The topological polar surface area (TPSA) is 102 Å². The maximum atomic E-state index is 12.6. The van der Waals surface area contributed by atoms with Crippen LogP contribution >= 0.6 is 0 Å². The summed E-state index contributed by atoms with van der Waals surface area (Å²) in [6.07, 6.45) is -0.198. The minimum atomic E-state index is -3.90. The van der Waals surface area contributed by atoms with Gasteiger partial charge in [0, 0.05) is 31.7 Å². The molecule has 1 aromatic carbocycles. The average molecular weight is 313 g/mol. The second kappa shape index (κ2) is 5.34. The van der Waals surface area contributed by atoms with Gasteiger partial charge in [-0.3, -0.25) is 10.1 Å². The summed E-state index contributed by atoms with van der Waals surface area (Å²) < 4.78 is 32.1. The van der Waals surface area contributed by atoms with Gasteiger partial charge in [-0.25, -0.2) is 8.42 Å². The number of sulfonamides is 1. The Kier molecular flexibility index (Phi) is 3.66. The minimum Gasteiger partial charge on any atom is -0.374 e. The van der Waals surface area contributed by atoms with Crippen LogP contribution in [-0.4, -0.2) is 56.0 Å². The van der Waals surface area contributed by atoms with E-state index in [4.69, 9.17) is 4.74 Å². The average Bonchev–Trinajstić information content (AvgIpc) is 2.92. The minimum absolute atomic E-state index is 0.0590. The van der Waals surface area contributed by atoms with Gasteiger partial charge in [0.25, 0.3) is 5.69 Å². The lowest BCUT2D eigenvalue weighted by atomic mass is 10.2. The number of nitro groups is 1. The van der Waals surface area contributed by atoms with Gasteiger partial charge in [0.1, 0.15) is 0 Å². The molecule has 1 N–H and O–H groups in total. The van der Waals surface area contributed by atoms with Crippen LogP contribution in [-0.2, 0) is 14.8 Å². The van der Waals surface area contributed by atoms with Crippen molar-refractivity contribution < 1.29 is 18.1 Å². The van der Waals surface area contributed by atoms with Crippen LogP contribution in [0.2, 0.25) is 0 Å². The zero-order valence-electron chi connectivity index (χ0n) is 11.1. The van der Waals surface area contributed by atoms with Crippen LogP contribution in [0.25, 0.3) is 0 Å². The Morgan fingerprint density at radius 1 is 1.33 bits per heavy atom. The number of fused-ring (bicyclic) bond motifs is 1. The van der Waals surface area contributed by atoms with E-state index in [0.717, 1.165) is 0 Å². The molecule has 0 spiro atoms. The van der Waals surface area contributed by atoms with Crippen molar-refractivity contribution in [2.45, 2.75) is 17.0 Å². The van der Waals surface area contributed by atoms with Crippen molar-refractivity contribution in [3.8, 4) is 0 Å². The summed E-state index contributed by atoms with van der Waals surface area (Å²) in [6, 6.07) is 5.34. The number of hydrogen-bond acceptors (Lipinski definition) is 6. The number of hydrogen-bond donors (Lipinski definition) is 1. The molecule has 2 saturated heterocycles. The van der Waals surface area contributed by atoms with E-state index in [-0.39, 0.29) is 30.1 Å². The third kappa shape index (κ3) is 2.53. The Bertz CT molecular complexity index is 649. The van der Waals surface area contributed by atoms with Crippen LogP contribution in [0.5, 0.6) is 0 Å². The molecule has 0 saturated carbocycles. The molecule has 114 valence electrons. The molecule has 0 aliphatic carbocycles. The molecule has 0 aromatic heterocycles. The Hall–Kier alpha value is -1.55. The number of rotatable bonds is 3. The summed E-state index contributed by atoms with van der Waals surface area (Å²) in [7, 11) is -3.90. The predicted octanol–water partition coefficient (Wildman–Crippen LogP) is -0.0439. The van der Waals surface area contributed by atoms with E-state index in [1.165, 1.54) is 28.6 Å². The summed E-state index contributed by atoms with van der Waals surface area (Å²) in [5.74, 6) is 0. The second-order valence-electron chi connectivity index (χ2n) is 5.02. The molecule has 0 amide bonds. The Morgan fingerprint density at radius 2 is 2.10 bits per heavy atom. The van der Waals surface area contributed by atoms with Crippen molar-refractivity contribution in [1.29, 1.82) is 0 Å². The van der Waals surface area contributed by atoms with Gasteiger partial charge >= 0.3 is 0 Å². The molecule has 2 aliphatic heterocycles. The first kappa shape index (κ1) is 14.4. The van der Waals surface area contributed by atoms with Crippen molar-refractivity contribution in [2.75, 3.05) is 26.2 Å². The molecular weight excluding hydrogens is 298 g/mol. The number of nitrogens with zero attached hydrogens (tertiary/aromatic N) is 2. The highest BCUT2D eigenvalue weighted by Crippen LogP contribution is 2.29. The Balaban J connectivity index is 1.93. The van der Waals surface area contributed by atoms with Crippen molar-refractivity contribution in [3.05, 3.63) is 34.4 Å². The molecular formula is C12H15N3O5S. The molecule has 2 heterocycles. The van der Waals surface area contributed by atoms with Crippen LogP contribution in [0.3, 0.4) is 0 Å². The third-order valence-electron chi connectivity index (χ3n) is 3.75. The fourth-order valence-electron chi connectivity index (χ4n) is 2.72. The Morgan fingerprint density at radius 3 is 2.81 bits per heavy atom. The molecule has 2 unspecified atom stereocenters. The first-order valence-corrected chi connectivity index (χ1v) is 8.03. The molecule has 9 heteroatoms. The van der Waals surface area contributed by atoms with E-state index in [1.807, 2.05) is 0 Å². The van der Waals surface area contributed by atoms with Crippen molar-refractivity contribution in [1.82, 2.24) is 9.62 Å². The maximum Gasteiger partial charge on any atom is 0.289 e. The zero-order valence-corrected chi connectivity index (χ0v) is 12.0. The lowest BCUT2D eigenvalue weighted by Crippen LogP contribution is -2.47. The van der Waals surface area contributed by atoms with Crippen molar-refractivity contribution in [2.24, 2.45) is 0 Å². The zero-order chi connectivity index (χ0) is 15.0. The molecule has 0 radical (unpaired) electrons. The number of para-hydroxylation sites is 1. The van der Waals surface area contributed by atoms with Gasteiger partial charge in [0.05, 0.1) is 17.6 Å². The van der Waals surface area contributed by atoms with E-state index >= 15 is 0 Å². The number of ether oxygens (including phenoxy) is 1. The highest BCUT2D eigenvalue weighted by Gasteiger charge is 2.42. The number of benzene rings is 1. The summed E-state index contributed by atoms with van der Waals surface area (Å²) in [4.78, 5) is 10.1. The molecule has 8 nitrogen and oxygen atoms in total. The van der Waals surface area contributed by atoms with Crippen molar-refractivity contribution in [3.63, 3.8) is 0 Å². The fraction of sp³-hybridized carbons (Fsp3) is 0.500. The molecule has 1 aromatic rings. The van der Waals surface area contributed by atoms with E-state index in [2.05, 4.69) is 5.32 Å². The highest BCUT2D eigenvalue weighted by molar-refractivity contribution is 7.89. The van der Waals surface area contributed by atoms with Crippen LogP contribution < -0.4 is 5.32 Å². The third-order valence-corrected chi connectivity index (χ3v) is 5.63. The van der Waals surface area contributed by atoms with Gasteiger partial charge in [0.15, 0.2) is 4.90 Å². The summed E-state index contributed by atoms with van der Waals surface area (Å²) in [6.45, 7) is 1.70. The van der Waals surface area contributed by atoms with E-state index in [0.29, 0.717) is 13.2 Å². The van der Waals surface area contributed by atoms with Crippen LogP contribution in [0.1, 0.15) is 0 Å². The maximum absolute atomic E-state index is 12.6. The summed E-state index contributed by atoms with van der Waals surface area (Å²) in [5, 5.41) is 14.2. The number of nitrogens with one attached hydrogen (secondary N) is 1. The molecule has 21 heavy (non-hydrogen) atoms. The highest BCUT2D eigenvalue weighted by atomic mass is 32.2. The normalized spacial score (nSPS) is 26.5. The first-order valence-electron chi connectivity index (χ1n) is 6.59. The van der Waals surface area contributed by atoms with E-state index in [1.54, 1.807) is 0 Å². The molecule has 2 aliphatic rings. The van der Waals surface area contributed by atoms with Crippen LogP contribution in [0.15, 0.2) is 29.2 Å². The van der Waals surface area contributed by atoms with Gasteiger partial charge in [-0.15, -0.1) is 0 Å². The lowest BCUT2D eigenvalue weighted by Gasteiger charge is -2.25. The largest absolute Gasteiger partial charge is 0.374 e. The summed E-state index contributed by atoms with van der Waals surface area (Å²) >= 11 is 0. The van der Waals surface area contributed by atoms with Gasteiger partial charge < -0.3 is 10.1 Å². The fourth-order valence-corrected chi connectivity index (χ4v) is 4.36. The smallest absolute Gasteiger partial charge is 0.289 e. The number of morpholine rings is 1. The predicted molar refractivity (Wildman–Crippen MR) is 73.4 cm³/mol. The monoisotopic (exact) mass is 313 g/mol. The Labute approximate surface area is 121 Å². The van der Waals surface area contributed by atoms with Gasteiger partial charge in [-0.05, 0) is 6.07 Å². The van der Waals surface area contributed by atoms with Crippen LogP contribution in [0.4, 0.5) is 5.69 Å². The number of nitro benzene ring substituents is 1.